The van der Waals surface area contributed by atoms with E-state index in [0.29, 0.717) is 6.42 Å². The number of nitrogens with one attached hydrogen (secondary N) is 2. The first-order valence-electron chi connectivity index (χ1n) is 11.8. The van der Waals surface area contributed by atoms with Crippen molar-refractivity contribution in [1.29, 1.82) is 0 Å². The summed E-state index contributed by atoms with van der Waals surface area (Å²) in [7, 11) is -1.22. The lowest BCUT2D eigenvalue weighted by atomic mass is 9.74. The number of halogens is 3. The molecule has 0 aliphatic carbocycles. The standard InChI is InChI=1S/C25H26BBrClFN2O7/c1-13(2)10-19(26-37-18(12-20(32)33)25(36)38-26)31-23(34)17(11-14-6-4-3-5-7-14)30-24(35)21-16(28)9-8-15(27)22(21)29/h3-9,13,17-19H,10-12H2,1-2H3,(H,30,35)(H,31,34)(H,32,33)/t17-,18?,19-/m0/s1. The van der Waals surface area contributed by atoms with Crippen LogP contribution in [0.15, 0.2) is 46.9 Å². The summed E-state index contributed by atoms with van der Waals surface area (Å²) in [4.78, 5) is 49.7. The van der Waals surface area contributed by atoms with Crippen LogP contribution in [0, 0.1) is 11.7 Å². The molecule has 2 aromatic rings. The van der Waals surface area contributed by atoms with Gasteiger partial charge >= 0.3 is 19.1 Å². The molecule has 1 fully saturated rings. The molecule has 0 saturated carbocycles. The molecule has 202 valence electrons. The van der Waals surface area contributed by atoms with Crippen molar-refractivity contribution >= 4 is 58.4 Å². The summed E-state index contributed by atoms with van der Waals surface area (Å²) < 4.78 is 25.5. The predicted octanol–water partition coefficient (Wildman–Crippen LogP) is 3.56. The number of carbonyl (C=O) groups is 4. The number of amides is 2. The number of benzene rings is 2. The Balaban J connectivity index is 1.84. The minimum absolute atomic E-state index is 0.0258. The first kappa shape index (κ1) is 29.6. The molecule has 1 aliphatic heterocycles. The lowest BCUT2D eigenvalue weighted by Gasteiger charge is -2.25. The van der Waals surface area contributed by atoms with Crippen LogP contribution in [0.4, 0.5) is 4.39 Å². The number of rotatable bonds is 11. The maximum atomic E-state index is 14.7. The predicted molar refractivity (Wildman–Crippen MR) is 141 cm³/mol. The van der Waals surface area contributed by atoms with Crippen molar-refractivity contribution in [3.8, 4) is 0 Å². The van der Waals surface area contributed by atoms with Gasteiger partial charge in [0.25, 0.3) is 5.91 Å². The average Bonchev–Trinajstić information content (AvgIpc) is 3.20. The second-order valence-corrected chi connectivity index (χ2v) is 10.5. The second-order valence-electron chi connectivity index (χ2n) is 9.21. The van der Waals surface area contributed by atoms with Crippen LogP contribution in [-0.4, -0.2) is 54.1 Å². The fraction of sp³-hybridized carbons (Fsp3) is 0.360. The van der Waals surface area contributed by atoms with Crippen molar-refractivity contribution in [2.75, 3.05) is 0 Å². The number of carboxylic acids is 1. The van der Waals surface area contributed by atoms with Crippen LogP contribution in [-0.2, 0) is 30.1 Å². The monoisotopic (exact) mass is 610 g/mol. The van der Waals surface area contributed by atoms with Crippen LogP contribution in [0.2, 0.25) is 5.02 Å². The Morgan fingerprint density at radius 2 is 1.84 bits per heavy atom. The van der Waals surface area contributed by atoms with E-state index < -0.39 is 66.8 Å². The van der Waals surface area contributed by atoms with Crippen molar-refractivity contribution in [1.82, 2.24) is 10.6 Å². The van der Waals surface area contributed by atoms with E-state index in [9.17, 15) is 23.6 Å². The molecule has 1 heterocycles. The maximum Gasteiger partial charge on any atom is 0.552 e. The summed E-state index contributed by atoms with van der Waals surface area (Å²) in [6.07, 6.45) is -1.50. The molecule has 9 nitrogen and oxygen atoms in total. The molecule has 1 aliphatic rings. The average molecular weight is 612 g/mol. The molecule has 0 aromatic heterocycles. The summed E-state index contributed by atoms with van der Waals surface area (Å²) in [5.74, 6) is -5.29. The number of hydrogen-bond acceptors (Lipinski definition) is 6. The van der Waals surface area contributed by atoms with Gasteiger partial charge in [-0.15, -0.1) is 0 Å². The quantitative estimate of drug-likeness (QED) is 0.262. The Labute approximate surface area is 232 Å². The minimum Gasteiger partial charge on any atom is -0.506 e. The van der Waals surface area contributed by atoms with Crippen LogP contribution in [0.5, 0.6) is 0 Å². The van der Waals surface area contributed by atoms with Gasteiger partial charge < -0.3 is 25.0 Å². The Hall–Kier alpha value is -2.96. The van der Waals surface area contributed by atoms with Gasteiger partial charge in [-0.2, -0.15) is 0 Å². The van der Waals surface area contributed by atoms with Crippen LogP contribution < -0.4 is 10.6 Å². The van der Waals surface area contributed by atoms with Gasteiger partial charge in [0.2, 0.25) is 5.91 Å². The van der Waals surface area contributed by atoms with E-state index in [1.807, 2.05) is 13.8 Å². The molecule has 2 amide bonds. The van der Waals surface area contributed by atoms with E-state index in [4.69, 9.17) is 26.0 Å². The van der Waals surface area contributed by atoms with E-state index in [1.165, 1.54) is 12.1 Å². The summed E-state index contributed by atoms with van der Waals surface area (Å²) in [5, 5.41) is 14.2. The molecule has 0 spiro atoms. The van der Waals surface area contributed by atoms with E-state index in [0.717, 1.165) is 5.56 Å². The van der Waals surface area contributed by atoms with E-state index in [2.05, 4.69) is 26.6 Å². The summed E-state index contributed by atoms with van der Waals surface area (Å²) >= 11 is 9.11. The zero-order valence-corrected chi connectivity index (χ0v) is 22.9. The van der Waals surface area contributed by atoms with Gasteiger partial charge in [-0.05, 0) is 46.0 Å². The first-order chi connectivity index (χ1) is 18.0. The largest absolute Gasteiger partial charge is 0.552 e. The van der Waals surface area contributed by atoms with Crippen LogP contribution in [0.25, 0.3) is 0 Å². The molecule has 0 radical (unpaired) electrons. The van der Waals surface area contributed by atoms with Crippen molar-refractivity contribution in [2.24, 2.45) is 5.92 Å². The first-order valence-corrected chi connectivity index (χ1v) is 13.0. The third kappa shape index (κ3) is 7.78. The van der Waals surface area contributed by atoms with Gasteiger partial charge in [0.15, 0.2) is 11.9 Å². The highest BCUT2D eigenvalue weighted by Crippen LogP contribution is 2.26. The van der Waals surface area contributed by atoms with Crippen molar-refractivity contribution in [3.05, 3.63) is 68.9 Å². The Morgan fingerprint density at radius 1 is 1.16 bits per heavy atom. The van der Waals surface area contributed by atoms with Gasteiger partial charge in [-0.25, -0.2) is 4.39 Å². The van der Waals surface area contributed by atoms with E-state index in [-0.39, 0.29) is 21.8 Å². The highest BCUT2D eigenvalue weighted by molar-refractivity contribution is 9.10. The van der Waals surface area contributed by atoms with Crippen LogP contribution >= 0.6 is 27.5 Å². The lowest BCUT2D eigenvalue weighted by Crippen LogP contribution is -2.55. The maximum absolute atomic E-state index is 14.7. The van der Waals surface area contributed by atoms with E-state index in [1.54, 1.807) is 30.3 Å². The van der Waals surface area contributed by atoms with Crippen molar-refractivity contribution in [2.45, 2.75) is 51.2 Å². The molecule has 3 atom stereocenters. The molecule has 3 N–H and O–H groups in total. The van der Waals surface area contributed by atoms with Gasteiger partial charge in [0, 0.05) is 6.42 Å². The van der Waals surface area contributed by atoms with E-state index >= 15 is 0 Å². The Kier molecular flexibility index (Phi) is 10.3. The summed E-state index contributed by atoms with van der Waals surface area (Å²) in [5.41, 5.74) is 0.300. The number of carboxylic acid groups (broad SMARTS) is 1. The third-order valence-corrected chi connectivity index (χ3v) is 6.64. The van der Waals surface area contributed by atoms with Gasteiger partial charge in [0.05, 0.1) is 27.4 Å². The van der Waals surface area contributed by atoms with Crippen molar-refractivity contribution in [3.63, 3.8) is 0 Å². The zero-order valence-electron chi connectivity index (χ0n) is 20.6. The molecule has 38 heavy (non-hydrogen) atoms. The Morgan fingerprint density at radius 3 is 2.47 bits per heavy atom. The topological polar surface area (TPSA) is 131 Å². The molecule has 1 saturated heterocycles. The third-order valence-electron chi connectivity index (χ3n) is 5.71. The SMILES string of the molecule is CC(C)C[C@H](NC(=O)[C@H](Cc1ccccc1)NC(=O)c1c(Cl)ccc(Br)c1F)B1OC(=O)C(CC(=O)O)O1. The van der Waals surface area contributed by atoms with Gasteiger partial charge in [-0.1, -0.05) is 55.8 Å². The second kappa shape index (κ2) is 13.2. The molecule has 13 heteroatoms. The summed E-state index contributed by atoms with van der Waals surface area (Å²) in [6, 6.07) is 10.4. The fourth-order valence-electron chi connectivity index (χ4n) is 3.96. The molecular weight excluding hydrogens is 585 g/mol. The van der Waals surface area contributed by atoms with Crippen LogP contribution in [0.3, 0.4) is 0 Å². The lowest BCUT2D eigenvalue weighted by molar-refractivity contribution is -0.145. The smallest absolute Gasteiger partial charge is 0.506 e. The van der Waals surface area contributed by atoms with Crippen LogP contribution in [0.1, 0.15) is 42.6 Å². The normalized spacial score (nSPS) is 16.6. The number of aliphatic carboxylic acids is 1. The molecule has 1 unspecified atom stereocenters. The zero-order chi connectivity index (χ0) is 28.0. The summed E-state index contributed by atoms with van der Waals surface area (Å²) in [6.45, 7) is 3.76. The minimum atomic E-state index is -1.30. The molecule has 3 rings (SSSR count). The fourth-order valence-corrected chi connectivity index (χ4v) is 4.52. The molecule has 0 bridgehead atoms. The molecular formula is C25H26BBrClFN2O7. The van der Waals surface area contributed by atoms with Crippen molar-refractivity contribution < 1.29 is 38.0 Å². The van der Waals surface area contributed by atoms with Gasteiger partial charge in [-0.3, -0.25) is 19.2 Å². The number of hydrogen-bond donors (Lipinski definition) is 3. The Bertz CT molecular complexity index is 1200. The highest BCUT2D eigenvalue weighted by atomic mass is 79.9. The number of carbonyl (C=O) groups excluding carboxylic acids is 3. The highest BCUT2D eigenvalue weighted by Gasteiger charge is 2.47. The molecule has 2 aromatic carbocycles. The van der Waals surface area contributed by atoms with Gasteiger partial charge in [0.1, 0.15) is 6.04 Å².